The van der Waals surface area contributed by atoms with Gasteiger partial charge in [-0.25, -0.2) is 19.3 Å². The van der Waals surface area contributed by atoms with E-state index in [4.69, 9.17) is 0 Å². The van der Waals surface area contributed by atoms with E-state index in [2.05, 4.69) is 35.4 Å². The summed E-state index contributed by atoms with van der Waals surface area (Å²) in [5.74, 6) is 0.555. The minimum absolute atomic E-state index is 0.0500. The van der Waals surface area contributed by atoms with Crippen LogP contribution in [0.3, 0.4) is 0 Å². The predicted molar refractivity (Wildman–Crippen MR) is 133 cm³/mol. The molecule has 0 amide bonds. The summed E-state index contributed by atoms with van der Waals surface area (Å²) in [7, 11) is 0. The van der Waals surface area contributed by atoms with Crippen molar-refractivity contribution < 1.29 is 9.50 Å². The molecule has 1 aliphatic carbocycles. The van der Waals surface area contributed by atoms with Gasteiger partial charge in [-0.15, -0.1) is 10.2 Å². The first-order chi connectivity index (χ1) is 17.1. The fourth-order valence-electron chi connectivity index (χ4n) is 5.52. The number of thioether (sulfide) groups is 1. The van der Waals surface area contributed by atoms with Crippen LogP contribution in [0.5, 0.6) is 5.75 Å². The molecule has 35 heavy (non-hydrogen) atoms. The van der Waals surface area contributed by atoms with Crippen molar-refractivity contribution in [2.24, 2.45) is 0 Å². The molecule has 1 aromatic carbocycles. The average molecular weight is 494 g/mol. The maximum absolute atomic E-state index is 14.3. The zero-order valence-electron chi connectivity index (χ0n) is 19.6. The summed E-state index contributed by atoms with van der Waals surface area (Å²) in [6.07, 6.45) is 13.2. The lowest BCUT2D eigenvalue weighted by atomic mass is 9.83. The van der Waals surface area contributed by atoms with Gasteiger partial charge in [0.25, 0.3) is 0 Å². The molecule has 2 bridgehead atoms. The molecule has 2 saturated heterocycles. The second kappa shape index (κ2) is 9.31. The standard InChI is InChI=1S/C25H28FN7OS/c1-35-25-28-12-20(26)23(30-25)14-5-8-19(21(34)9-14)24-27-13-22(31-32-24)33(17-6-7-17)18-10-15-3-2-4-16(11-18)29-15/h5,8-9,12-13,15-18,29,34H,2-4,6-7,10-11H2,1H3/t15-,16+,18?. The number of piperidine rings is 2. The van der Waals surface area contributed by atoms with Gasteiger partial charge in [0, 0.05) is 29.7 Å². The first kappa shape index (κ1) is 22.6. The van der Waals surface area contributed by atoms with E-state index in [-0.39, 0.29) is 11.4 Å². The van der Waals surface area contributed by atoms with Gasteiger partial charge in [0.05, 0.1) is 18.0 Å². The minimum atomic E-state index is -0.542. The molecule has 4 heterocycles. The molecule has 3 aromatic rings. The second-order valence-corrected chi connectivity index (χ2v) is 10.5. The number of phenolic OH excluding ortho intramolecular Hbond substituents is 1. The number of nitrogens with one attached hydrogen (secondary N) is 1. The number of fused-ring (bicyclic) bond motifs is 2. The van der Waals surface area contributed by atoms with E-state index in [0.717, 1.165) is 24.9 Å². The third kappa shape index (κ3) is 4.56. The lowest BCUT2D eigenvalue weighted by molar-refractivity contribution is 0.215. The molecule has 0 radical (unpaired) electrons. The van der Waals surface area contributed by atoms with Crippen molar-refractivity contribution in [1.82, 2.24) is 30.5 Å². The molecule has 2 aliphatic heterocycles. The zero-order chi connectivity index (χ0) is 23.9. The van der Waals surface area contributed by atoms with Gasteiger partial charge >= 0.3 is 0 Å². The van der Waals surface area contributed by atoms with Crippen molar-refractivity contribution in [3.8, 4) is 28.4 Å². The van der Waals surface area contributed by atoms with Crippen LogP contribution >= 0.6 is 11.8 Å². The van der Waals surface area contributed by atoms with E-state index < -0.39 is 5.82 Å². The molecule has 3 fully saturated rings. The van der Waals surface area contributed by atoms with Gasteiger partial charge in [-0.3, -0.25) is 0 Å². The largest absolute Gasteiger partial charge is 0.507 e. The molecule has 2 aromatic heterocycles. The number of halogens is 1. The fraction of sp³-hybridized carbons (Fsp3) is 0.480. The molecule has 0 spiro atoms. The van der Waals surface area contributed by atoms with Crippen molar-refractivity contribution >= 4 is 17.6 Å². The molecule has 10 heteroatoms. The van der Waals surface area contributed by atoms with Crippen molar-refractivity contribution in [2.45, 2.75) is 74.3 Å². The van der Waals surface area contributed by atoms with Crippen molar-refractivity contribution in [1.29, 1.82) is 0 Å². The molecule has 1 saturated carbocycles. The highest BCUT2D eigenvalue weighted by Gasteiger charge is 2.40. The van der Waals surface area contributed by atoms with Crippen LogP contribution in [0.25, 0.3) is 22.6 Å². The third-order valence-corrected chi connectivity index (χ3v) is 7.82. The normalized spacial score (nSPS) is 23.8. The summed E-state index contributed by atoms with van der Waals surface area (Å²) >= 11 is 1.33. The lowest BCUT2D eigenvalue weighted by Gasteiger charge is -2.45. The number of hydrogen-bond acceptors (Lipinski definition) is 9. The monoisotopic (exact) mass is 493 g/mol. The number of hydrogen-bond donors (Lipinski definition) is 2. The van der Waals surface area contributed by atoms with E-state index in [1.54, 1.807) is 18.3 Å². The van der Waals surface area contributed by atoms with E-state index in [0.29, 0.717) is 46.3 Å². The number of phenols is 1. The minimum Gasteiger partial charge on any atom is -0.507 e. The van der Waals surface area contributed by atoms with Crippen molar-refractivity contribution in [2.75, 3.05) is 11.2 Å². The summed E-state index contributed by atoms with van der Waals surface area (Å²) < 4.78 is 14.3. The number of benzene rings is 1. The Hall–Kier alpha value is -2.85. The predicted octanol–water partition coefficient (Wildman–Crippen LogP) is 4.20. The van der Waals surface area contributed by atoms with Gasteiger partial charge in [0.1, 0.15) is 11.4 Å². The fourth-order valence-corrected chi connectivity index (χ4v) is 5.86. The molecule has 8 nitrogen and oxygen atoms in total. The summed E-state index contributed by atoms with van der Waals surface area (Å²) in [6, 6.07) is 7.02. The Morgan fingerprint density at radius 3 is 2.49 bits per heavy atom. The Balaban J connectivity index is 1.25. The van der Waals surface area contributed by atoms with Gasteiger partial charge in [0.15, 0.2) is 22.6 Å². The molecular weight excluding hydrogens is 465 g/mol. The summed E-state index contributed by atoms with van der Waals surface area (Å²) in [6.45, 7) is 0. The maximum Gasteiger partial charge on any atom is 0.187 e. The SMILES string of the molecule is CSc1ncc(F)c(-c2ccc(-c3ncc(N(C4CC4)C4C[C@H]5CCC[C@@H](C4)N5)nn3)c(O)c2)n1. The highest BCUT2D eigenvalue weighted by molar-refractivity contribution is 7.98. The van der Waals surface area contributed by atoms with E-state index >= 15 is 0 Å². The van der Waals surface area contributed by atoms with E-state index in [1.165, 1.54) is 49.9 Å². The van der Waals surface area contributed by atoms with Crippen LogP contribution in [0.2, 0.25) is 0 Å². The van der Waals surface area contributed by atoms with Gasteiger partial charge in [0.2, 0.25) is 0 Å². The number of nitrogens with zero attached hydrogens (tertiary/aromatic N) is 6. The number of rotatable bonds is 6. The topological polar surface area (TPSA) is 100.0 Å². The van der Waals surface area contributed by atoms with Crippen LogP contribution in [0, 0.1) is 5.82 Å². The van der Waals surface area contributed by atoms with Crippen molar-refractivity contribution in [3.63, 3.8) is 0 Å². The molecule has 3 aliphatic rings. The van der Waals surface area contributed by atoms with Crippen LogP contribution < -0.4 is 10.2 Å². The number of anilines is 1. The van der Waals surface area contributed by atoms with Crippen LogP contribution in [0.1, 0.15) is 44.9 Å². The van der Waals surface area contributed by atoms with Crippen LogP contribution in [-0.4, -0.2) is 60.7 Å². The summed E-state index contributed by atoms with van der Waals surface area (Å²) in [4.78, 5) is 15.2. The summed E-state index contributed by atoms with van der Waals surface area (Å²) in [5, 5.41) is 23.9. The Bertz CT molecular complexity index is 1210. The van der Waals surface area contributed by atoms with Crippen molar-refractivity contribution in [3.05, 3.63) is 36.4 Å². The Kier molecular flexibility index (Phi) is 6.01. The van der Waals surface area contributed by atoms with Crippen LogP contribution in [0.15, 0.2) is 35.7 Å². The number of aromatic nitrogens is 5. The molecular formula is C25H28FN7OS. The Morgan fingerprint density at radius 1 is 1.03 bits per heavy atom. The molecule has 3 atom stereocenters. The molecule has 1 unspecified atom stereocenters. The summed E-state index contributed by atoms with van der Waals surface area (Å²) in [5.41, 5.74) is 1.05. The highest BCUT2D eigenvalue weighted by Crippen LogP contribution is 2.38. The third-order valence-electron chi connectivity index (χ3n) is 7.25. The van der Waals surface area contributed by atoms with Gasteiger partial charge < -0.3 is 15.3 Å². The average Bonchev–Trinajstić information content (AvgIpc) is 3.70. The first-order valence-electron chi connectivity index (χ1n) is 12.2. The van der Waals surface area contributed by atoms with Crippen LogP contribution in [0.4, 0.5) is 10.2 Å². The highest BCUT2D eigenvalue weighted by atomic mass is 32.2. The first-order valence-corrected chi connectivity index (χ1v) is 13.5. The quantitative estimate of drug-likeness (QED) is 0.386. The zero-order valence-corrected chi connectivity index (χ0v) is 20.4. The lowest BCUT2D eigenvalue weighted by Crippen LogP contribution is -2.55. The maximum atomic E-state index is 14.3. The van der Waals surface area contributed by atoms with Gasteiger partial charge in [-0.05, 0) is 56.9 Å². The molecule has 2 N–H and O–H groups in total. The molecule has 6 rings (SSSR count). The smallest absolute Gasteiger partial charge is 0.187 e. The van der Waals surface area contributed by atoms with Gasteiger partial charge in [-0.1, -0.05) is 24.2 Å². The van der Waals surface area contributed by atoms with Gasteiger partial charge in [-0.2, -0.15) is 0 Å². The van der Waals surface area contributed by atoms with E-state index in [9.17, 15) is 9.50 Å². The second-order valence-electron chi connectivity index (χ2n) is 9.68. The number of aromatic hydroxyl groups is 1. The molecule has 182 valence electrons. The van der Waals surface area contributed by atoms with Crippen LogP contribution in [-0.2, 0) is 0 Å². The Morgan fingerprint density at radius 2 is 1.83 bits per heavy atom. The van der Waals surface area contributed by atoms with E-state index in [1.807, 2.05) is 6.26 Å². The Labute approximate surface area is 207 Å².